The van der Waals surface area contributed by atoms with Crippen LogP contribution in [0.4, 0.5) is 0 Å². The van der Waals surface area contributed by atoms with Crippen molar-refractivity contribution in [3.05, 3.63) is 70.7 Å². The molecule has 3 rings (SSSR count). The molecule has 2 aromatic heterocycles. The molecule has 0 atom stereocenters. The van der Waals surface area contributed by atoms with Gasteiger partial charge in [0.2, 0.25) is 5.91 Å². The van der Waals surface area contributed by atoms with Crippen LogP contribution in [0, 0.1) is 0 Å². The van der Waals surface area contributed by atoms with E-state index < -0.39 is 5.91 Å². The lowest BCUT2D eigenvalue weighted by Gasteiger charge is -2.06. The van der Waals surface area contributed by atoms with E-state index in [1.54, 1.807) is 42.5 Å². The molecule has 0 bridgehead atoms. The number of H-pyrrole nitrogens is 1. The highest BCUT2D eigenvalue weighted by atomic mass is 16.3. The summed E-state index contributed by atoms with van der Waals surface area (Å²) in [6, 6.07) is 10.3. The second-order valence-electron chi connectivity index (χ2n) is 5.68. The summed E-state index contributed by atoms with van der Waals surface area (Å²) in [7, 11) is 0. The number of aromatic nitrogens is 2. The number of carbonyl (C=O) groups is 2. The van der Waals surface area contributed by atoms with Gasteiger partial charge in [0.15, 0.2) is 5.82 Å². The molecule has 0 radical (unpaired) electrons. The molecule has 0 saturated heterocycles. The van der Waals surface area contributed by atoms with Gasteiger partial charge in [-0.2, -0.15) is 0 Å². The summed E-state index contributed by atoms with van der Waals surface area (Å²) in [5, 5.41) is 5.79. The average Bonchev–Trinajstić information content (AvgIpc) is 3.19. The molecule has 0 saturated carbocycles. The molecular weight excluding hydrogens is 348 g/mol. The van der Waals surface area contributed by atoms with Crippen LogP contribution < -0.4 is 16.2 Å². The van der Waals surface area contributed by atoms with E-state index >= 15 is 0 Å². The lowest BCUT2D eigenvalue weighted by Crippen LogP contribution is -2.31. The number of para-hydroxylation sites is 1. The summed E-state index contributed by atoms with van der Waals surface area (Å²) in [4.78, 5) is 42.4. The lowest BCUT2D eigenvalue weighted by molar-refractivity contribution is -0.116. The van der Waals surface area contributed by atoms with E-state index in [4.69, 9.17) is 4.42 Å². The minimum Gasteiger partial charge on any atom is -0.465 e. The van der Waals surface area contributed by atoms with E-state index in [9.17, 15) is 14.4 Å². The Morgan fingerprint density at radius 1 is 1.11 bits per heavy atom. The molecule has 0 fully saturated rings. The zero-order valence-electron chi connectivity index (χ0n) is 14.4. The lowest BCUT2D eigenvalue weighted by atomic mass is 10.2. The van der Waals surface area contributed by atoms with Gasteiger partial charge in [0.05, 0.1) is 17.2 Å². The first-order chi connectivity index (χ1) is 13.1. The second-order valence-corrected chi connectivity index (χ2v) is 5.68. The molecule has 8 heteroatoms. The summed E-state index contributed by atoms with van der Waals surface area (Å²) >= 11 is 0. The van der Waals surface area contributed by atoms with Crippen molar-refractivity contribution < 1.29 is 14.0 Å². The highest BCUT2D eigenvalue weighted by molar-refractivity contribution is 5.92. The fourth-order valence-corrected chi connectivity index (χ4v) is 2.38. The zero-order valence-corrected chi connectivity index (χ0v) is 14.4. The molecule has 1 aromatic carbocycles. The Hall–Kier alpha value is -3.68. The van der Waals surface area contributed by atoms with Crippen molar-refractivity contribution in [2.24, 2.45) is 0 Å². The Morgan fingerprint density at radius 3 is 2.74 bits per heavy atom. The molecule has 0 aliphatic heterocycles. The normalized spacial score (nSPS) is 11.0. The van der Waals surface area contributed by atoms with Crippen molar-refractivity contribution in [2.75, 3.05) is 13.1 Å². The quantitative estimate of drug-likeness (QED) is 0.432. The van der Waals surface area contributed by atoms with Gasteiger partial charge >= 0.3 is 0 Å². The number of nitrogens with one attached hydrogen (secondary N) is 3. The van der Waals surface area contributed by atoms with Crippen molar-refractivity contribution in [3.63, 3.8) is 0 Å². The summed E-state index contributed by atoms with van der Waals surface area (Å²) in [5.41, 5.74) is 0.100. The van der Waals surface area contributed by atoms with E-state index in [0.29, 0.717) is 36.2 Å². The summed E-state index contributed by atoms with van der Waals surface area (Å²) in [6.07, 6.45) is 5.00. The highest BCUT2D eigenvalue weighted by Crippen LogP contribution is 2.05. The van der Waals surface area contributed by atoms with E-state index in [1.807, 2.05) is 0 Å². The van der Waals surface area contributed by atoms with Crippen LogP contribution in [-0.4, -0.2) is 34.9 Å². The number of aromatic amines is 1. The molecule has 0 aliphatic rings. The Bertz CT molecular complexity index is 1020. The highest BCUT2D eigenvalue weighted by Gasteiger charge is 2.10. The number of amides is 2. The van der Waals surface area contributed by atoms with Gasteiger partial charge in [0.1, 0.15) is 5.76 Å². The number of benzene rings is 1. The Kier molecular flexibility index (Phi) is 5.78. The van der Waals surface area contributed by atoms with Crippen molar-refractivity contribution >= 4 is 28.8 Å². The first-order valence-electron chi connectivity index (χ1n) is 8.40. The predicted molar refractivity (Wildman–Crippen MR) is 100 cm³/mol. The van der Waals surface area contributed by atoms with Crippen LogP contribution in [0.3, 0.4) is 0 Å². The van der Waals surface area contributed by atoms with Crippen LogP contribution in [0.1, 0.15) is 22.8 Å². The number of hydrogen-bond donors (Lipinski definition) is 3. The fraction of sp³-hybridized carbons (Fsp3) is 0.158. The summed E-state index contributed by atoms with van der Waals surface area (Å²) in [6.45, 7) is 0.723. The SMILES string of the molecule is O=C(/C=C/c1ccco1)NCCCNC(=O)c1nc2ccccc2c(=O)[nH]1. The van der Waals surface area contributed by atoms with Gasteiger partial charge in [0, 0.05) is 19.2 Å². The first-order valence-corrected chi connectivity index (χ1v) is 8.40. The van der Waals surface area contributed by atoms with Crippen LogP contribution in [0.25, 0.3) is 17.0 Å². The van der Waals surface area contributed by atoms with Crippen LogP contribution in [0.5, 0.6) is 0 Å². The van der Waals surface area contributed by atoms with Crippen LogP contribution >= 0.6 is 0 Å². The van der Waals surface area contributed by atoms with Gasteiger partial charge < -0.3 is 20.0 Å². The number of nitrogens with zero attached hydrogens (tertiary/aromatic N) is 1. The fourth-order valence-electron chi connectivity index (χ4n) is 2.38. The van der Waals surface area contributed by atoms with E-state index in [2.05, 4.69) is 20.6 Å². The predicted octanol–water partition coefficient (Wildman–Crippen LogP) is 1.47. The standard InChI is InChI=1S/C19H18N4O4/c24-16(9-8-13-5-3-12-27-13)20-10-4-11-21-19(26)17-22-15-7-2-1-6-14(15)18(25)23-17/h1-3,5-9,12H,4,10-11H2,(H,20,24)(H,21,26)(H,22,23,25)/b9-8+. The smallest absolute Gasteiger partial charge is 0.287 e. The van der Waals surface area contributed by atoms with Gasteiger partial charge in [-0.3, -0.25) is 14.4 Å². The van der Waals surface area contributed by atoms with Crippen LogP contribution in [0.2, 0.25) is 0 Å². The maximum Gasteiger partial charge on any atom is 0.287 e. The van der Waals surface area contributed by atoms with Crippen molar-refractivity contribution in [1.82, 2.24) is 20.6 Å². The third-order valence-electron chi connectivity index (χ3n) is 3.71. The Labute approximate surface area is 154 Å². The molecule has 2 heterocycles. The molecule has 138 valence electrons. The number of hydrogen-bond acceptors (Lipinski definition) is 5. The zero-order chi connectivity index (χ0) is 19.1. The monoisotopic (exact) mass is 366 g/mol. The molecule has 3 N–H and O–H groups in total. The largest absolute Gasteiger partial charge is 0.465 e. The second kappa shape index (κ2) is 8.61. The minimum atomic E-state index is -0.470. The number of carbonyl (C=O) groups excluding carboxylic acids is 2. The van der Waals surface area contributed by atoms with Crippen molar-refractivity contribution in [1.29, 1.82) is 0 Å². The third-order valence-corrected chi connectivity index (χ3v) is 3.71. The van der Waals surface area contributed by atoms with Gasteiger partial charge in [-0.25, -0.2) is 4.98 Å². The molecule has 2 amide bonds. The maximum absolute atomic E-state index is 12.1. The molecule has 27 heavy (non-hydrogen) atoms. The summed E-state index contributed by atoms with van der Waals surface area (Å²) < 4.78 is 5.09. The van der Waals surface area contributed by atoms with E-state index in [1.165, 1.54) is 12.3 Å². The molecule has 8 nitrogen and oxygen atoms in total. The Morgan fingerprint density at radius 2 is 1.93 bits per heavy atom. The third kappa shape index (κ3) is 4.91. The number of rotatable bonds is 7. The van der Waals surface area contributed by atoms with Crippen LogP contribution in [-0.2, 0) is 4.79 Å². The van der Waals surface area contributed by atoms with Crippen molar-refractivity contribution in [3.8, 4) is 0 Å². The minimum absolute atomic E-state index is 0.0379. The van der Waals surface area contributed by atoms with Crippen molar-refractivity contribution in [2.45, 2.75) is 6.42 Å². The van der Waals surface area contributed by atoms with Gasteiger partial charge in [-0.1, -0.05) is 12.1 Å². The van der Waals surface area contributed by atoms with Crippen LogP contribution in [0.15, 0.2) is 57.9 Å². The molecular formula is C19H18N4O4. The van der Waals surface area contributed by atoms with E-state index in [0.717, 1.165) is 0 Å². The number of fused-ring (bicyclic) bond motifs is 1. The molecule has 0 aliphatic carbocycles. The maximum atomic E-state index is 12.1. The van der Waals surface area contributed by atoms with Gasteiger partial charge in [-0.15, -0.1) is 0 Å². The topological polar surface area (TPSA) is 117 Å². The average molecular weight is 366 g/mol. The summed E-state index contributed by atoms with van der Waals surface area (Å²) in [5.74, 6) is -0.168. The molecule has 3 aromatic rings. The molecule has 0 spiro atoms. The molecule has 0 unspecified atom stereocenters. The number of furan rings is 1. The van der Waals surface area contributed by atoms with E-state index in [-0.39, 0.29) is 17.3 Å². The first kappa shape index (κ1) is 18.1. The van der Waals surface area contributed by atoms with Gasteiger partial charge in [-0.05, 0) is 36.8 Å². The van der Waals surface area contributed by atoms with Gasteiger partial charge in [0.25, 0.3) is 11.5 Å². The Balaban J connectivity index is 1.43.